The smallest absolute Gasteiger partial charge is 0.227 e. The number of carbonyl (C=O) groups excluding carboxylic acids is 1. The molecule has 0 saturated heterocycles. The number of hydrogen-bond acceptors (Lipinski definition) is 5. The van der Waals surface area contributed by atoms with Crippen LogP contribution in [0, 0.1) is 6.92 Å². The molecule has 0 bridgehead atoms. The van der Waals surface area contributed by atoms with Crippen LogP contribution in [0.1, 0.15) is 21.4 Å². The Labute approximate surface area is 118 Å². The average Bonchev–Trinajstić information content (AvgIpc) is 2.95. The van der Waals surface area contributed by atoms with E-state index in [-0.39, 0.29) is 5.91 Å². The molecule has 1 N–H and O–H groups in total. The monoisotopic (exact) mass is 301 g/mol. The highest BCUT2D eigenvalue weighted by molar-refractivity contribution is 7.10. The normalized spacial score (nSPS) is 10.6. The first-order chi connectivity index (χ1) is 8.67. The van der Waals surface area contributed by atoms with Crippen LogP contribution in [0.25, 0.3) is 0 Å². The number of nitrogens with zero attached hydrogens (tertiary/aromatic N) is 2. The van der Waals surface area contributed by atoms with Gasteiger partial charge in [-0.2, -0.15) is 0 Å². The van der Waals surface area contributed by atoms with Gasteiger partial charge in [-0.15, -0.1) is 34.3 Å². The van der Waals surface area contributed by atoms with E-state index < -0.39 is 0 Å². The maximum atomic E-state index is 11.7. The van der Waals surface area contributed by atoms with Gasteiger partial charge in [-0.05, 0) is 6.92 Å². The van der Waals surface area contributed by atoms with Gasteiger partial charge >= 0.3 is 0 Å². The van der Waals surface area contributed by atoms with Crippen molar-refractivity contribution in [2.75, 3.05) is 0 Å². The first-order valence-electron chi connectivity index (χ1n) is 5.34. The second-order valence-corrected chi connectivity index (χ2v) is 5.95. The van der Waals surface area contributed by atoms with E-state index in [0.717, 1.165) is 21.4 Å². The minimum Gasteiger partial charge on any atom is -0.350 e. The second kappa shape index (κ2) is 6.26. The van der Waals surface area contributed by atoms with Crippen LogP contribution in [0.3, 0.4) is 0 Å². The van der Waals surface area contributed by atoms with Gasteiger partial charge in [0.2, 0.25) is 5.91 Å². The number of carbonyl (C=O) groups is 1. The lowest BCUT2D eigenvalue weighted by atomic mass is 10.4. The molecule has 0 aliphatic heterocycles. The molecule has 1 amide bonds. The summed E-state index contributed by atoms with van der Waals surface area (Å²) in [7, 11) is 0. The van der Waals surface area contributed by atoms with Crippen molar-refractivity contribution in [3.63, 3.8) is 0 Å². The molecule has 0 aliphatic carbocycles. The standard InChI is InChI=1S/C11H12ClN3OS2/c1-7-14-9(6-17-7)4-13-10(16)2-11-15-8(3-12)5-18-11/h5-6H,2-4H2,1H3,(H,13,16). The van der Waals surface area contributed by atoms with E-state index in [0.29, 0.717) is 18.8 Å². The number of halogens is 1. The van der Waals surface area contributed by atoms with Crippen LogP contribution in [-0.4, -0.2) is 15.9 Å². The Morgan fingerprint density at radius 3 is 2.72 bits per heavy atom. The van der Waals surface area contributed by atoms with Gasteiger partial charge in [0.25, 0.3) is 0 Å². The zero-order chi connectivity index (χ0) is 13.0. The van der Waals surface area contributed by atoms with Crippen LogP contribution in [0.4, 0.5) is 0 Å². The van der Waals surface area contributed by atoms with Gasteiger partial charge in [-0.3, -0.25) is 4.79 Å². The zero-order valence-electron chi connectivity index (χ0n) is 9.77. The van der Waals surface area contributed by atoms with Crippen molar-refractivity contribution in [2.45, 2.75) is 25.8 Å². The Hall–Kier alpha value is -0.980. The number of alkyl halides is 1. The number of aryl methyl sites for hydroxylation is 1. The maximum Gasteiger partial charge on any atom is 0.227 e. The summed E-state index contributed by atoms with van der Waals surface area (Å²) in [5.74, 6) is 0.340. The molecule has 7 heteroatoms. The molecule has 0 fully saturated rings. The molecule has 18 heavy (non-hydrogen) atoms. The molecular formula is C11H12ClN3OS2. The predicted octanol–water partition coefficient (Wildman–Crippen LogP) is 2.51. The molecule has 0 aliphatic rings. The van der Waals surface area contributed by atoms with Crippen LogP contribution in [0.5, 0.6) is 0 Å². The average molecular weight is 302 g/mol. The molecule has 2 heterocycles. The number of thiazole rings is 2. The molecule has 2 rings (SSSR count). The molecule has 0 atom stereocenters. The Morgan fingerprint density at radius 1 is 1.33 bits per heavy atom. The lowest BCUT2D eigenvalue weighted by Gasteiger charge is -2.00. The molecule has 0 radical (unpaired) electrons. The lowest BCUT2D eigenvalue weighted by molar-refractivity contribution is -0.120. The molecule has 0 aromatic carbocycles. The topological polar surface area (TPSA) is 54.9 Å². The highest BCUT2D eigenvalue weighted by Gasteiger charge is 2.08. The van der Waals surface area contributed by atoms with Gasteiger partial charge in [0.15, 0.2) is 0 Å². The fraction of sp³-hybridized carbons (Fsp3) is 0.364. The van der Waals surface area contributed by atoms with Crippen molar-refractivity contribution in [3.8, 4) is 0 Å². The Kier molecular flexibility index (Phi) is 4.68. The van der Waals surface area contributed by atoms with Crippen molar-refractivity contribution in [1.29, 1.82) is 0 Å². The molecule has 0 spiro atoms. The summed E-state index contributed by atoms with van der Waals surface area (Å²) in [4.78, 5) is 20.2. The van der Waals surface area contributed by atoms with Gasteiger partial charge in [0.1, 0.15) is 5.01 Å². The third kappa shape index (κ3) is 3.76. The molecule has 2 aromatic rings. The first-order valence-corrected chi connectivity index (χ1v) is 7.63. The summed E-state index contributed by atoms with van der Waals surface area (Å²) in [6, 6.07) is 0. The molecule has 0 unspecified atom stereocenters. The number of nitrogens with one attached hydrogen (secondary N) is 1. The molecule has 96 valence electrons. The largest absolute Gasteiger partial charge is 0.350 e. The minimum absolute atomic E-state index is 0.0453. The Morgan fingerprint density at radius 2 is 2.11 bits per heavy atom. The molecular weight excluding hydrogens is 290 g/mol. The van der Waals surface area contributed by atoms with E-state index in [2.05, 4.69) is 15.3 Å². The first kappa shape index (κ1) is 13.5. The van der Waals surface area contributed by atoms with E-state index in [1.165, 1.54) is 11.3 Å². The van der Waals surface area contributed by atoms with Crippen LogP contribution >= 0.6 is 34.3 Å². The summed E-state index contributed by atoms with van der Waals surface area (Å²) in [6.07, 6.45) is 0.296. The van der Waals surface area contributed by atoms with E-state index in [1.54, 1.807) is 11.3 Å². The van der Waals surface area contributed by atoms with Crippen molar-refractivity contribution < 1.29 is 4.79 Å². The van der Waals surface area contributed by atoms with Gasteiger partial charge in [0.05, 0.1) is 35.2 Å². The van der Waals surface area contributed by atoms with Crippen LogP contribution in [0.15, 0.2) is 10.8 Å². The zero-order valence-corrected chi connectivity index (χ0v) is 12.2. The van der Waals surface area contributed by atoms with Gasteiger partial charge in [-0.1, -0.05) is 0 Å². The summed E-state index contributed by atoms with van der Waals surface area (Å²) in [6.45, 7) is 2.41. The SMILES string of the molecule is Cc1nc(CNC(=O)Cc2nc(CCl)cs2)cs1. The van der Waals surface area contributed by atoms with Gasteiger partial charge in [0, 0.05) is 10.8 Å². The predicted molar refractivity (Wildman–Crippen MR) is 74.1 cm³/mol. The highest BCUT2D eigenvalue weighted by atomic mass is 35.5. The summed E-state index contributed by atoms with van der Waals surface area (Å²) in [5, 5.41) is 8.45. The van der Waals surface area contributed by atoms with E-state index in [9.17, 15) is 4.79 Å². The lowest BCUT2D eigenvalue weighted by Crippen LogP contribution is -2.24. The fourth-order valence-corrected chi connectivity index (χ4v) is 3.00. The van der Waals surface area contributed by atoms with Crippen LogP contribution < -0.4 is 5.32 Å². The van der Waals surface area contributed by atoms with E-state index in [4.69, 9.17) is 11.6 Å². The second-order valence-electron chi connectivity index (χ2n) is 3.68. The molecule has 2 aromatic heterocycles. The summed E-state index contributed by atoms with van der Waals surface area (Å²) >= 11 is 8.69. The summed E-state index contributed by atoms with van der Waals surface area (Å²) in [5.41, 5.74) is 1.71. The quantitative estimate of drug-likeness (QED) is 0.863. The van der Waals surface area contributed by atoms with Gasteiger partial charge < -0.3 is 5.32 Å². The van der Waals surface area contributed by atoms with Gasteiger partial charge in [-0.25, -0.2) is 9.97 Å². The van der Waals surface area contributed by atoms with Crippen LogP contribution in [-0.2, 0) is 23.6 Å². The third-order valence-corrected chi connectivity index (χ3v) is 4.18. The van der Waals surface area contributed by atoms with Crippen molar-refractivity contribution in [3.05, 3.63) is 32.2 Å². The van der Waals surface area contributed by atoms with Crippen molar-refractivity contribution in [1.82, 2.24) is 15.3 Å². The summed E-state index contributed by atoms with van der Waals surface area (Å²) < 4.78 is 0. The fourth-order valence-electron chi connectivity index (χ4n) is 1.37. The number of rotatable bonds is 5. The number of hydrogen-bond donors (Lipinski definition) is 1. The maximum absolute atomic E-state index is 11.7. The molecule has 0 saturated carbocycles. The van der Waals surface area contributed by atoms with E-state index in [1.807, 2.05) is 17.7 Å². The molecule has 4 nitrogen and oxygen atoms in total. The van der Waals surface area contributed by atoms with Crippen LogP contribution in [0.2, 0.25) is 0 Å². The minimum atomic E-state index is -0.0453. The highest BCUT2D eigenvalue weighted by Crippen LogP contribution is 2.12. The Bertz CT molecular complexity index is 538. The van der Waals surface area contributed by atoms with Crippen molar-refractivity contribution >= 4 is 40.2 Å². The number of amides is 1. The van der Waals surface area contributed by atoms with E-state index >= 15 is 0 Å². The third-order valence-electron chi connectivity index (χ3n) is 2.18. The number of aromatic nitrogens is 2. The van der Waals surface area contributed by atoms with Crippen molar-refractivity contribution in [2.24, 2.45) is 0 Å². The Balaban J connectivity index is 1.81.